The van der Waals surface area contributed by atoms with Gasteiger partial charge in [-0.05, 0) is 49.4 Å². The van der Waals surface area contributed by atoms with Crippen molar-refractivity contribution in [2.24, 2.45) is 11.8 Å². The van der Waals surface area contributed by atoms with E-state index in [0.717, 1.165) is 36.5 Å². The van der Waals surface area contributed by atoms with Gasteiger partial charge in [-0.2, -0.15) is 0 Å². The fraction of sp³-hybridized carbons (Fsp3) is 0.769. The van der Waals surface area contributed by atoms with Crippen LogP contribution in [0.4, 0.5) is 0 Å². The molecule has 0 aromatic rings. The number of aliphatic hydroxyl groups excluding tert-OH is 1. The second-order valence-electron chi connectivity index (χ2n) is 8.74. The zero-order valence-corrected chi connectivity index (χ0v) is 22.9. The van der Waals surface area contributed by atoms with Crippen molar-refractivity contribution in [3.05, 3.63) is 36.5 Å². The largest absolute Gasteiger partial charge is 0.410 e. The van der Waals surface area contributed by atoms with E-state index in [1.54, 1.807) is 14.2 Å². The lowest BCUT2D eigenvalue weighted by atomic mass is 9.88. The quantitative estimate of drug-likeness (QED) is 0.107. The molecule has 0 rings (SSSR count). The lowest BCUT2D eigenvalue weighted by molar-refractivity contribution is -0.137. The van der Waals surface area contributed by atoms with E-state index in [4.69, 9.17) is 18.6 Å². The van der Waals surface area contributed by atoms with E-state index < -0.39 is 8.32 Å². The molecule has 0 heterocycles. The Labute approximate surface area is 199 Å². The molecule has 0 saturated carbocycles. The third kappa shape index (κ3) is 10.4. The van der Waals surface area contributed by atoms with Crippen LogP contribution in [-0.2, 0) is 18.6 Å². The summed E-state index contributed by atoms with van der Waals surface area (Å²) in [6.07, 6.45) is 9.52. The number of allylic oxidation sites excluding steroid dienone is 2. The predicted molar refractivity (Wildman–Crippen MR) is 137 cm³/mol. The van der Waals surface area contributed by atoms with Gasteiger partial charge in [0.1, 0.15) is 12.9 Å². The minimum Gasteiger partial charge on any atom is -0.410 e. The van der Waals surface area contributed by atoms with Crippen molar-refractivity contribution in [1.29, 1.82) is 0 Å². The predicted octanol–water partition coefficient (Wildman–Crippen LogP) is 6.11. The Balaban J connectivity index is 6.13. The maximum absolute atomic E-state index is 9.61. The lowest BCUT2D eigenvalue weighted by Crippen LogP contribution is -2.48. The zero-order valence-electron chi connectivity index (χ0n) is 21.9. The monoisotopic (exact) mass is 470 g/mol. The highest BCUT2D eigenvalue weighted by Gasteiger charge is 2.39. The average molecular weight is 471 g/mol. The molecular weight excluding hydrogens is 420 g/mol. The minimum absolute atomic E-state index is 0.0258. The van der Waals surface area contributed by atoms with Gasteiger partial charge in [-0.3, -0.25) is 0 Å². The van der Waals surface area contributed by atoms with Gasteiger partial charge >= 0.3 is 0 Å². The fourth-order valence-corrected chi connectivity index (χ4v) is 7.05. The average Bonchev–Trinajstić information content (AvgIpc) is 2.81. The van der Waals surface area contributed by atoms with E-state index in [-0.39, 0.29) is 43.5 Å². The van der Waals surface area contributed by atoms with E-state index in [9.17, 15) is 5.11 Å². The summed E-state index contributed by atoms with van der Waals surface area (Å²) >= 11 is 0. The second kappa shape index (κ2) is 17.7. The molecule has 1 N–H and O–H groups in total. The van der Waals surface area contributed by atoms with Gasteiger partial charge in [-0.15, -0.1) is 6.58 Å². The Bertz CT molecular complexity index is 536. The van der Waals surface area contributed by atoms with E-state index in [1.807, 2.05) is 13.0 Å². The summed E-state index contributed by atoms with van der Waals surface area (Å²) in [5.74, 6) is 0.0995. The maximum Gasteiger partial charge on any atom is 0.192 e. The molecule has 0 aromatic heterocycles. The molecule has 6 heteroatoms. The van der Waals surface area contributed by atoms with Crippen molar-refractivity contribution >= 4 is 8.32 Å². The summed E-state index contributed by atoms with van der Waals surface area (Å²) in [4.78, 5) is 0. The van der Waals surface area contributed by atoms with Gasteiger partial charge in [0.15, 0.2) is 8.32 Å². The molecule has 5 nitrogen and oxygen atoms in total. The van der Waals surface area contributed by atoms with Crippen molar-refractivity contribution in [3.8, 4) is 0 Å². The number of hydrogen-bond donors (Lipinski definition) is 1. The van der Waals surface area contributed by atoms with Crippen molar-refractivity contribution in [2.45, 2.75) is 90.8 Å². The summed E-state index contributed by atoms with van der Waals surface area (Å²) in [7, 11) is 1.46. The third-order valence-corrected chi connectivity index (χ3v) is 11.0. The summed E-state index contributed by atoms with van der Waals surface area (Å²) in [5.41, 5.74) is 1.14. The van der Waals surface area contributed by atoms with Crippen LogP contribution in [0, 0.1) is 11.8 Å². The third-order valence-electron chi connectivity index (χ3n) is 6.43. The number of ether oxygens (including phenoxy) is 3. The van der Waals surface area contributed by atoms with Crippen LogP contribution in [-0.4, -0.2) is 59.4 Å². The highest BCUT2D eigenvalue weighted by Crippen LogP contribution is 2.32. The van der Waals surface area contributed by atoms with E-state index in [2.05, 4.69) is 59.4 Å². The van der Waals surface area contributed by atoms with Gasteiger partial charge in [0.25, 0.3) is 0 Å². The van der Waals surface area contributed by atoms with Crippen molar-refractivity contribution in [2.75, 3.05) is 27.6 Å². The molecule has 0 saturated heterocycles. The van der Waals surface area contributed by atoms with Crippen LogP contribution in [0.25, 0.3) is 0 Å². The summed E-state index contributed by atoms with van der Waals surface area (Å²) in [6, 6.07) is 3.22. The molecule has 0 radical (unpaired) electrons. The van der Waals surface area contributed by atoms with E-state index in [0.29, 0.717) is 0 Å². The van der Waals surface area contributed by atoms with Crippen LogP contribution in [0.2, 0.25) is 18.1 Å². The number of aliphatic hydroxyl groups is 1. The Morgan fingerprint density at radius 3 is 2.16 bits per heavy atom. The van der Waals surface area contributed by atoms with Gasteiger partial charge in [0.2, 0.25) is 0 Å². The Morgan fingerprint density at radius 1 is 1.06 bits per heavy atom. The maximum atomic E-state index is 9.61. The second-order valence-corrected chi connectivity index (χ2v) is 13.5. The van der Waals surface area contributed by atoms with E-state index >= 15 is 0 Å². The van der Waals surface area contributed by atoms with Crippen molar-refractivity contribution < 1.29 is 23.7 Å². The van der Waals surface area contributed by atoms with E-state index in [1.165, 1.54) is 0 Å². The van der Waals surface area contributed by atoms with Crippen LogP contribution in [0.3, 0.4) is 0 Å². The van der Waals surface area contributed by atoms with Crippen molar-refractivity contribution in [1.82, 2.24) is 0 Å². The van der Waals surface area contributed by atoms with Gasteiger partial charge in [-0.1, -0.05) is 58.9 Å². The zero-order chi connectivity index (χ0) is 24.6. The number of methoxy groups -OCH3 is 2. The summed E-state index contributed by atoms with van der Waals surface area (Å²) in [6.45, 7) is 17.1. The molecule has 0 bridgehead atoms. The molecule has 0 fully saturated rings. The molecule has 0 aliphatic carbocycles. The highest BCUT2D eigenvalue weighted by molar-refractivity contribution is 6.73. The van der Waals surface area contributed by atoms with Crippen LogP contribution in [0.1, 0.15) is 54.4 Å². The van der Waals surface area contributed by atoms with Gasteiger partial charge in [-0.25, -0.2) is 0 Å². The molecule has 0 aliphatic rings. The molecule has 188 valence electrons. The molecule has 0 unspecified atom stereocenters. The molecule has 32 heavy (non-hydrogen) atoms. The van der Waals surface area contributed by atoms with Crippen LogP contribution < -0.4 is 0 Å². The SMILES string of the molecule is C=CCCC=C[C@H](OC)[C@@H](OCOC)[C@H](C)[C@@H](O[Si](CC)(CC)CC)C(C)=C[C@H](C)CO. The molecule has 0 aliphatic heterocycles. The topological polar surface area (TPSA) is 57.2 Å². The van der Waals surface area contributed by atoms with Crippen LogP contribution in [0.15, 0.2) is 36.5 Å². The molecule has 0 spiro atoms. The number of hydrogen-bond acceptors (Lipinski definition) is 5. The lowest BCUT2D eigenvalue weighted by Gasteiger charge is -2.40. The fourth-order valence-electron chi connectivity index (χ4n) is 4.11. The Kier molecular flexibility index (Phi) is 17.3. The molecular formula is C26H50O5Si. The van der Waals surface area contributed by atoms with Gasteiger partial charge < -0.3 is 23.7 Å². The van der Waals surface area contributed by atoms with Crippen LogP contribution in [0.5, 0.6) is 0 Å². The van der Waals surface area contributed by atoms with Gasteiger partial charge in [0, 0.05) is 26.7 Å². The van der Waals surface area contributed by atoms with Crippen LogP contribution >= 0.6 is 0 Å². The first-order chi connectivity index (χ1) is 15.3. The summed E-state index contributed by atoms with van der Waals surface area (Å²) in [5, 5.41) is 9.61. The molecule has 0 amide bonds. The first-order valence-corrected chi connectivity index (χ1v) is 14.7. The summed E-state index contributed by atoms with van der Waals surface area (Å²) < 4.78 is 24.3. The standard InChI is InChI=1S/C26H50O5Si/c1-10-14-15-16-17-24(29-9)26(30-20-28-8)23(7)25(22(6)18-21(5)19-27)31-32(11-2,12-3)13-4/h10,16-18,21,23-27H,1,11-15,19-20H2,2-9H3/t21-,23+,24-,25-,26-/m0/s1. The minimum atomic E-state index is -1.89. The first kappa shape index (κ1) is 31.2. The Hall–Kier alpha value is -0.763. The number of rotatable bonds is 19. The molecule has 5 atom stereocenters. The van der Waals surface area contributed by atoms with Crippen molar-refractivity contribution in [3.63, 3.8) is 0 Å². The molecule has 0 aromatic carbocycles. The number of unbranched alkanes of at least 4 members (excludes halogenated alkanes) is 1. The Morgan fingerprint density at radius 2 is 1.69 bits per heavy atom. The smallest absolute Gasteiger partial charge is 0.192 e. The van der Waals surface area contributed by atoms with Gasteiger partial charge in [0.05, 0.1) is 12.2 Å². The normalized spacial score (nSPS) is 17.8. The highest BCUT2D eigenvalue weighted by atomic mass is 28.4. The first-order valence-electron chi connectivity index (χ1n) is 12.2.